The molecule has 31 heavy (non-hydrogen) atoms. The van der Waals surface area contributed by atoms with E-state index in [-0.39, 0.29) is 30.0 Å². The highest BCUT2D eigenvalue weighted by molar-refractivity contribution is 6.28. The van der Waals surface area contributed by atoms with Crippen molar-refractivity contribution in [2.24, 2.45) is 0 Å². The fraction of sp³-hybridized carbons (Fsp3) is 0.450. The highest BCUT2D eigenvalue weighted by Gasteiger charge is 2.32. The minimum atomic E-state index is -2.91. The van der Waals surface area contributed by atoms with Crippen molar-refractivity contribution < 1.29 is 18.0 Å². The van der Waals surface area contributed by atoms with E-state index in [1.54, 1.807) is 16.7 Å². The molecule has 2 aliphatic rings. The second-order valence-electron chi connectivity index (χ2n) is 7.60. The van der Waals surface area contributed by atoms with Crippen molar-refractivity contribution in [2.45, 2.75) is 38.9 Å². The van der Waals surface area contributed by atoms with Gasteiger partial charge in [0.1, 0.15) is 11.6 Å². The average molecular weight is 455 g/mol. The molecule has 0 aliphatic carbocycles. The number of hydrogen-bond donors (Lipinski definition) is 2. The fourth-order valence-corrected chi connectivity index (χ4v) is 4.07. The Hall–Kier alpha value is -2.59. The molecule has 0 saturated carbocycles. The SMILES string of the molecule is C[C@@H](Nc1nc(Cl)nc2c1CN(C(=O)N1CCCNC1)C2)c1cccc(C(F)F)c1F. The zero-order valence-corrected chi connectivity index (χ0v) is 17.6. The summed E-state index contributed by atoms with van der Waals surface area (Å²) in [4.78, 5) is 24.7. The molecule has 166 valence electrons. The van der Waals surface area contributed by atoms with Crippen LogP contribution in [0.15, 0.2) is 18.2 Å². The van der Waals surface area contributed by atoms with Gasteiger partial charge >= 0.3 is 6.03 Å². The summed E-state index contributed by atoms with van der Waals surface area (Å²) in [6.45, 7) is 4.24. The van der Waals surface area contributed by atoms with E-state index in [9.17, 15) is 18.0 Å². The summed E-state index contributed by atoms with van der Waals surface area (Å²) in [5.41, 5.74) is 0.727. The van der Waals surface area contributed by atoms with Gasteiger partial charge in [-0.1, -0.05) is 18.2 Å². The lowest BCUT2D eigenvalue weighted by Gasteiger charge is -2.31. The van der Waals surface area contributed by atoms with Crippen LogP contribution in [0.4, 0.5) is 23.8 Å². The maximum absolute atomic E-state index is 14.6. The van der Waals surface area contributed by atoms with E-state index in [0.29, 0.717) is 30.3 Å². The number of urea groups is 1. The van der Waals surface area contributed by atoms with Gasteiger partial charge in [-0.25, -0.2) is 27.9 Å². The Morgan fingerprint density at radius 2 is 2.00 bits per heavy atom. The monoisotopic (exact) mass is 454 g/mol. The smallest absolute Gasteiger partial charge is 0.321 e. The van der Waals surface area contributed by atoms with Gasteiger partial charge in [-0.05, 0) is 31.5 Å². The number of carbonyl (C=O) groups excluding carboxylic acids is 1. The third kappa shape index (κ3) is 4.40. The van der Waals surface area contributed by atoms with E-state index in [0.717, 1.165) is 19.0 Å². The van der Waals surface area contributed by atoms with Crippen LogP contribution in [0.25, 0.3) is 0 Å². The van der Waals surface area contributed by atoms with Crippen molar-refractivity contribution >= 4 is 23.4 Å². The van der Waals surface area contributed by atoms with Gasteiger partial charge in [-0.3, -0.25) is 5.32 Å². The number of halogens is 4. The molecular formula is C20H22ClF3N6O. The molecule has 2 aromatic rings. The molecule has 7 nitrogen and oxygen atoms in total. The van der Waals surface area contributed by atoms with Crippen LogP contribution in [0, 0.1) is 5.82 Å². The molecule has 2 amide bonds. The van der Waals surface area contributed by atoms with E-state index in [2.05, 4.69) is 20.6 Å². The van der Waals surface area contributed by atoms with E-state index in [1.807, 2.05) is 0 Å². The molecular weight excluding hydrogens is 433 g/mol. The Bertz CT molecular complexity index is 986. The molecule has 0 radical (unpaired) electrons. The Morgan fingerprint density at radius 1 is 1.23 bits per heavy atom. The Balaban J connectivity index is 1.56. The second-order valence-corrected chi connectivity index (χ2v) is 7.94. The lowest BCUT2D eigenvalue weighted by Crippen LogP contribution is -2.49. The van der Waals surface area contributed by atoms with Crippen molar-refractivity contribution in [3.63, 3.8) is 0 Å². The van der Waals surface area contributed by atoms with Crippen molar-refractivity contribution in [3.05, 3.63) is 51.7 Å². The van der Waals surface area contributed by atoms with Crippen LogP contribution >= 0.6 is 11.6 Å². The van der Waals surface area contributed by atoms with Crippen LogP contribution < -0.4 is 10.6 Å². The van der Waals surface area contributed by atoms with Crippen molar-refractivity contribution in [1.29, 1.82) is 0 Å². The van der Waals surface area contributed by atoms with Gasteiger partial charge in [0, 0.05) is 17.7 Å². The molecule has 11 heteroatoms. The first-order valence-electron chi connectivity index (χ1n) is 9.98. The zero-order valence-electron chi connectivity index (χ0n) is 16.8. The number of hydrogen-bond acceptors (Lipinski definition) is 5. The van der Waals surface area contributed by atoms with Gasteiger partial charge < -0.3 is 15.1 Å². The third-order valence-corrected chi connectivity index (χ3v) is 5.66. The first-order chi connectivity index (χ1) is 14.8. The molecule has 4 rings (SSSR count). The first kappa shape index (κ1) is 21.6. The van der Waals surface area contributed by atoms with Gasteiger partial charge in [-0.2, -0.15) is 0 Å². The highest BCUT2D eigenvalue weighted by atomic mass is 35.5. The number of nitrogens with one attached hydrogen (secondary N) is 2. The van der Waals surface area contributed by atoms with Gasteiger partial charge in [0.05, 0.1) is 37.1 Å². The number of amides is 2. The minimum Gasteiger partial charge on any atom is -0.363 e. The third-order valence-electron chi connectivity index (χ3n) is 5.49. The quantitative estimate of drug-likeness (QED) is 0.681. The van der Waals surface area contributed by atoms with Crippen LogP contribution in [-0.2, 0) is 13.1 Å². The molecule has 2 aliphatic heterocycles. The summed E-state index contributed by atoms with van der Waals surface area (Å²) in [5.74, 6) is -0.597. The van der Waals surface area contributed by atoms with E-state index >= 15 is 0 Å². The van der Waals surface area contributed by atoms with Gasteiger partial charge in [-0.15, -0.1) is 0 Å². The molecule has 0 bridgehead atoms. The number of rotatable bonds is 4. The number of nitrogens with zero attached hydrogens (tertiary/aromatic N) is 4. The van der Waals surface area contributed by atoms with Crippen LogP contribution in [0.5, 0.6) is 0 Å². The van der Waals surface area contributed by atoms with Crippen LogP contribution in [0.2, 0.25) is 5.28 Å². The highest BCUT2D eigenvalue weighted by Crippen LogP contribution is 2.33. The zero-order chi connectivity index (χ0) is 22.1. The molecule has 2 N–H and O–H groups in total. The second kappa shape index (κ2) is 8.88. The number of alkyl halides is 2. The summed E-state index contributed by atoms with van der Waals surface area (Å²) < 4.78 is 40.7. The predicted molar refractivity (Wildman–Crippen MR) is 109 cm³/mol. The van der Waals surface area contributed by atoms with Crippen LogP contribution in [0.3, 0.4) is 0 Å². The normalized spacial score (nSPS) is 17.1. The number of carbonyl (C=O) groups is 1. The van der Waals surface area contributed by atoms with E-state index in [4.69, 9.17) is 11.6 Å². The van der Waals surface area contributed by atoms with Crippen molar-refractivity contribution in [1.82, 2.24) is 25.1 Å². The van der Waals surface area contributed by atoms with Gasteiger partial charge in [0.2, 0.25) is 5.28 Å². The number of anilines is 1. The lowest BCUT2D eigenvalue weighted by molar-refractivity contribution is 0.139. The molecule has 1 atom stereocenters. The molecule has 3 heterocycles. The fourth-order valence-electron chi connectivity index (χ4n) is 3.88. The van der Waals surface area contributed by atoms with Gasteiger partial charge in [0.15, 0.2) is 0 Å². The Morgan fingerprint density at radius 3 is 2.71 bits per heavy atom. The first-order valence-corrected chi connectivity index (χ1v) is 10.4. The Kier molecular flexibility index (Phi) is 6.19. The lowest BCUT2D eigenvalue weighted by atomic mass is 10.0. The summed E-state index contributed by atoms with van der Waals surface area (Å²) in [6, 6.07) is 3.12. The van der Waals surface area contributed by atoms with Crippen molar-refractivity contribution in [2.75, 3.05) is 25.1 Å². The van der Waals surface area contributed by atoms with Crippen molar-refractivity contribution in [3.8, 4) is 0 Å². The summed E-state index contributed by atoms with van der Waals surface area (Å²) in [5, 5.41) is 6.22. The molecule has 1 saturated heterocycles. The van der Waals surface area contributed by atoms with E-state index in [1.165, 1.54) is 12.1 Å². The molecule has 1 fully saturated rings. The standard InChI is InChI=1S/C20H22ClF3N6O/c1-11(12-4-2-5-13(16(12)22)17(23)24)26-18-14-8-30(9-15(14)27-19(21)28-18)20(31)29-7-3-6-25-10-29/h2,4-5,11,17,25H,3,6-10H2,1H3,(H,26,27,28)/t11-/m1/s1. The predicted octanol–water partition coefficient (Wildman–Crippen LogP) is 4.07. The maximum Gasteiger partial charge on any atom is 0.321 e. The summed E-state index contributed by atoms with van der Waals surface area (Å²) >= 11 is 6.07. The molecule has 0 spiro atoms. The molecule has 1 aromatic carbocycles. The van der Waals surface area contributed by atoms with E-state index < -0.39 is 23.8 Å². The number of aromatic nitrogens is 2. The summed E-state index contributed by atoms with van der Waals surface area (Å²) in [6.07, 6.45) is -2.03. The largest absolute Gasteiger partial charge is 0.363 e. The minimum absolute atomic E-state index is 0.0100. The molecule has 1 aromatic heterocycles. The average Bonchev–Trinajstić information content (AvgIpc) is 3.17. The summed E-state index contributed by atoms with van der Waals surface area (Å²) in [7, 11) is 0. The Labute approximate surface area is 182 Å². The molecule has 0 unspecified atom stereocenters. The number of fused-ring (bicyclic) bond motifs is 1. The number of benzene rings is 1. The van der Waals surface area contributed by atoms with Gasteiger partial charge in [0.25, 0.3) is 6.43 Å². The maximum atomic E-state index is 14.6. The topological polar surface area (TPSA) is 73.4 Å². The van der Waals surface area contributed by atoms with Crippen LogP contribution in [0.1, 0.15) is 48.2 Å². The van der Waals surface area contributed by atoms with Crippen LogP contribution in [-0.4, -0.2) is 45.6 Å².